The number of nitrogens with zero attached hydrogens (tertiary/aromatic N) is 2. The highest BCUT2D eigenvalue weighted by molar-refractivity contribution is 5.59. The van der Waals surface area contributed by atoms with E-state index in [0.29, 0.717) is 6.54 Å². The molecule has 1 atom stereocenters. The first-order valence-electron chi connectivity index (χ1n) is 6.06. The second-order valence-electron chi connectivity index (χ2n) is 4.45. The van der Waals surface area contributed by atoms with Crippen LogP contribution in [0.15, 0.2) is 36.4 Å². The Hall–Kier alpha value is -1.94. The van der Waals surface area contributed by atoms with Crippen LogP contribution in [0.3, 0.4) is 0 Å². The summed E-state index contributed by atoms with van der Waals surface area (Å²) in [6.07, 6.45) is 0. The van der Waals surface area contributed by atoms with Gasteiger partial charge in [0.2, 0.25) is 0 Å². The Morgan fingerprint density at radius 1 is 1.11 bits per heavy atom. The molecule has 4 nitrogen and oxygen atoms in total. The quantitative estimate of drug-likeness (QED) is 0.862. The van der Waals surface area contributed by atoms with Crippen molar-refractivity contribution >= 4 is 5.82 Å². The Labute approximate surface area is 107 Å². The van der Waals surface area contributed by atoms with E-state index >= 15 is 0 Å². The number of aromatic nitrogens is 2. The highest BCUT2D eigenvalue weighted by Crippen LogP contribution is 2.17. The summed E-state index contributed by atoms with van der Waals surface area (Å²) in [6, 6.07) is 12.3. The number of nitrogens with two attached hydrogens (primary N) is 1. The predicted octanol–water partition coefficient (Wildman–Crippen LogP) is 2.21. The molecular formula is C14H18N4. The topological polar surface area (TPSA) is 63.8 Å². The van der Waals surface area contributed by atoms with Gasteiger partial charge >= 0.3 is 0 Å². The van der Waals surface area contributed by atoms with E-state index in [4.69, 9.17) is 5.73 Å². The third-order valence-corrected chi connectivity index (χ3v) is 2.76. The van der Waals surface area contributed by atoms with E-state index in [1.807, 2.05) is 19.1 Å². The molecule has 0 bridgehead atoms. The van der Waals surface area contributed by atoms with Gasteiger partial charge in [0, 0.05) is 18.2 Å². The van der Waals surface area contributed by atoms with Gasteiger partial charge in [-0.05, 0) is 26.0 Å². The first kappa shape index (κ1) is 12.5. The van der Waals surface area contributed by atoms with Crippen molar-refractivity contribution in [1.29, 1.82) is 0 Å². The summed E-state index contributed by atoms with van der Waals surface area (Å²) in [6.45, 7) is 4.65. The van der Waals surface area contributed by atoms with Crippen molar-refractivity contribution in [2.75, 3.05) is 11.9 Å². The summed E-state index contributed by atoms with van der Waals surface area (Å²) in [4.78, 5) is 0. The highest BCUT2D eigenvalue weighted by atomic mass is 15.2. The molecule has 0 radical (unpaired) electrons. The van der Waals surface area contributed by atoms with E-state index in [1.165, 1.54) is 5.56 Å². The smallest absolute Gasteiger partial charge is 0.148 e. The number of hydrogen-bond acceptors (Lipinski definition) is 4. The zero-order valence-electron chi connectivity index (χ0n) is 10.7. The molecule has 0 fully saturated rings. The van der Waals surface area contributed by atoms with Gasteiger partial charge in [-0.1, -0.05) is 29.8 Å². The molecule has 0 spiro atoms. The molecule has 2 rings (SSSR count). The van der Waals surface area contributed by atoms with Gasteiger partial charge in [-0.15, -0.1) is 10.2 Å². The molecule has 1 aromatic heterocycles. The lowest BCUT2D eigenvalue weighted by atomic mass is 10.1. The number of benzene rings is 1. The molecule has 0 amide bonds. The van der Waals surface area contributed by atoms with Crippen LogP contribution in [0.2, 0.25) is 0 Å². The van der Waals surface area contributed by atoms with Crippen molar-refractivity contribution in [2.45, 2.75) is 19.9 Å². The summed E-state index contributed by atoms with van der Waals surface area (Å²) in [5.41, 5.74) is 8.73. The molecule has 0 saturated carbocycles. The summed E-state index contributed by atoms with van der Waals surface area (Å²) >= 11 is 0. The van der Waals surface area contributed by atoms with Gasteiger partial charge in [-0.25, -0.2) is 0 Å². The van der Waals surface area contributed by atoms with Gasteiger partial charge in [0.1, 0.15) is 5.82 Å². The fraction of sp³-hybridized carbons (Fsp3) is 0.286. The van der Waals surface area contributed by atoms with Crippen LogP contribution < -0.4 is 11.1 Å². The molecule has 0 saturated heterocycles. The number of rotatable bonds is 4. The van der Waals surface area contributed by atoms with Crippen LogP contribution in [-0.4, -0.2) is 22.8 Å². The maximum absolute atomic E-state index is 5.54. The molecule has 0 aliphatic rings. The average molecular weight is 242 g/mol. The number of nitrogens with one attached hydrogen (secondary N) is 1. The first-order valence-corrected chi connectivity index (χ1v) is 6.06. The van der Waals surface area contributed by atoms with Gasteiger partial charge in [0.15, 0.2) is 0 Å². The lowest BCUT2D eigenvalue weighted by Crippen LogP contribution is -2.25. The van der Waals surface area contributed by atoms with Crippen LogP contribution in [-0.2, 0) is 0 Å². The Kier molecular flexibility index (Phi) is 3.89. The standard InChI is InChI=1S/C14H18N4/c1-10-3-5-12(6-4-10)13-7-8-14(18-17-13)16-11(2)9-15/h3-8,11H,9,15H2,1-2H3,(H,16,18). The minimum absolute atomic E-state index is 0.199. The van der Waals surface area contributed by atoms with Gasteiger partial charge in [0.05, 0.1) is 5.69 Å². The number of aryl methyl sites for hydroxylation is 1. The molecule has 0 aliphatic heterocycles. The predicted molar refractivity (Wildman–Crippen MR) is 74.3 cm³/mol. The fourth-order valence-corrected chi connectivity index (χ4v) is 1.60. The fourth-order valence-electron chi connectivity index (χ4n) is 1.60. The largest absolute Gasteiger partial charge is 0.365 e. The lowest BCUT2D eigenvalue weighted by molar-refractivity contribution is 0.792. The average Bonchev–Trinajstić information content (AvgIpc) is 2.40. The zero-order chi connectivity index (χ0) is 13.0. The van der Waals surface area contributed by atoms with Crippen molar-refractivity contribution < 1.29 is 0 Å². The van der Waals surface area contributed by atoms with E-state index in [-0.39, 0.29) is 6.04 Å². The van der Waals surface area contributed by atoms with E-state index < -0.39 is 0 Å². The molecule has 18 heavy (non-hydrogen) atoms. The van der Waals surface area contributed by atoms with Crippen LogP contribution in [0, 0.1) is 6.92 Å². The van der Waals surface area contributed by atoms with Crippen molar-refractivity contribution in [3.63, 3.8) is 0 Å². The molecule has 94 valence electrons. The zero-order valence-corrected chi connectivity index (χ0v) is 10.7. The third-order valence-electron chi connectivity index (χ3n) is 2.76. The maximum atomic E-state index is 5.54. The molecule has 1 unspecified atom stereocenters. The Morgan fingerprint density at radius 3 is 2.39 bits per heavy atom. The van der Waals surface area contributed by atoms with Crippen LogP contribution in [0.4, 0.5) is 5.82 Å². The van der Waals surface area contributed by atoms with E-state index in [0.717, 1.165) is 17.1 Å². The van der Waals surface area contributed by atoms with E-state index in [9.17, 15) is 0 Å². The van der Waals surface area contributed by atoms with E-state index in [1.54, 1.807) is 0 Å². The Morgan fingerprint density at radius 2 is 1.83 bits per heavy atom. The second kappa shape index (κ2) is 5.60. The van der Waals surface area contributed by atoms with Gasteiger partial charge < -0.3 is 11.1 Å². The molecule has 0 aliphatic carbocycles. The second-order valence-corrected chi connectivity index (χ2v) is 4.45. The Bertz CT molecular complexity index is 490. The van der Waals surface area contributed by atoms with E-state index in [2.05, 4.69) is 46.7 Å². The highest BCUT2D eigenvalue weighted by Gasteiger charge is 2.03. The minimum atomic E-state index is 0.199. The molecule has 4 heteroatoms. The molecule has 1 heterocycles. The molecular weight excluding hydrogens is 224 g/mol. The Balaban J connectivity index is 2.14. The molecule has 2 aromatic rings. The molecule has 3 N–H and O–H groups in total. The van der Waals surface area contributed by atoms with Crippen molar-refractivity contribution in [3.8, 4) is 11.3 Å². The minimum Gasteiger partial charge on any atom is -0.365 e. The maximum Gasteiger partial charge on any atom is 0.148 e. The summed E-state index contributed by atoms with van der Waals surface area (Å²) < 4.78 is 0. The van der Waals surface area contributed by atoms with Crippen LogP contribution in [0.5, 0.6) is 0 Å². The van der Waals surface area contributed by atoms with Gasteiger partial charge in [-0.3, -0.25) is 0 Å². The SMILES string of the molecule is Cc1ccc(-c2ccc(NC(C)CN)nn2)cc1. The number of anilines is 1. The monoisotopic (exact) mass is 242 g/mol. The number of hydrogen-bond donors (Lipinski definition) is 2. The lowest BCUT2D eigenvalue weighted by Gasteiger charge is -2.11. The summed E-state index contributed by atoms with van der Waals surface area (Å²) in [5, 5.41) is 11.5. The van der Waals surface area contributed by atoms with Crippen molar-refractivity contribution in [1.82, 2.24) is 10.2 Å². The van der Waals surface area contributed by atoms with Crippen molar-refractivity contribution in [3.05, 3.63) is 42.0 Å². The van der Waals surface area contributed by atoms with Crippen LogP contribution in [0.25, 0.3) is 11.3 Å². The summed E-state index contributed by atoms with van der Waals surface area (Å²) in [5.74, 6) is 0.754. The van der Waals surface area contributed by atoms with Gasteiger partial charge in [0.25, 0.3) is 0 Å². The molecule has 1 aromatic carbocycles. The van der Waals surface area contributed by atoms with Crippen LogP contribution >= 0.6 is 0 Å². The van der Waals surface area contributed by atoms with Crippen molar-refractivity contribution in [2.24, 2.45) is 5.73 Å². The van der Waals surface area contributed by atoms with Gasteiger partial charge in [-0.2, -0.15) is 0 Å². The summed E-state index contributed by atoms with van der Waals surface area (Å²) in [7, 11) is 0. The van der Waals surface area contributed by atoms with Crippen LogP contribution in [0.1, 0.15) is 12.5 Å². The normalized spacial score (nSPS) is 12.2. The third kappa shape index (κ3) is 3.05. The first-order chi connectivity index (χ1) is 8.69.